The molecular formula is C10H11F2NO2S. The second kappa shape index (κ2) is 5.60. The van der Waals surface area contributed by atoms with Crippen molar-refractivity contribution in [2.75, 3.05) is 13.7 Å². The van der Waals surface area contributed by atoms with E-state index >= 15 is 0 Å². The van der Waals surface area contributed by atoms with Gasteiger partial charge in [0.15, 0.2) is 0 Å². The fourth-order valence-electron chi connectivity index (χ4n) is 1.11. The smallest absolute Gasteiger partial charge is 0.272 e. The number of methoxy groups -OCH3 is 1. The highest BCUT2D eigenvalue weighted by molar-refractivity contribution is 7.80. The van der Waals surface area contributed by atoms with Crippen LogP contribution in [0.15, 0.2) is 18.2 Å². The highest BCUT2D eigenvalue weighted by atomic mass is 32.1. The van der Waals surface area contributed by atoms with E-state index in [2.05, 4.69) is 0 Å². The zero-order chi connectivity index (χ0) is 12.1. The minimum absolute atomic E-state index is 0.0897. The summed E-state index contributed by atoms with van der Waals surface area (Å²) in [5.74, 6) is 0.691. The molecule has 0 unspecified atom stereocenters. The summed E-state index contributed by atoms with van der Waals surface area (Å²) in [7, 11) is 1.46. The quantitative estimate of drug-likeness (QED) is 0.808. The molecule has 0 aliphatic rings. The van der Waals surface area contributed by atoms with Crippen molar-refractivity contribution in [3.05, 3.63) is 23.8 Å². The Labute approximate surface area is 97.1 Å². The van der Waals surface area contributed by atoms with E-state index in [9.17, 15) is 8.78 Å². The standard InChI is InChI=1S/C10H11F2NO2S/c1-14-6-2-3-7(10(13)16)8(4-6)15-5-9(11)12/h2-4,9H,5H2,1H3,(H2,13,16). The molecule has 0 amide bonds. The van der Waals surface area contributed by atoms with Crippen molar-refractivity contribution in [1.82, 2.24) is 0 Å². The Kier molecular flexibility index (Phi) is 4.42. The number of hydrogen-bond donors (Lipinski definition) is 1. The monoisotopic (exact) mass is 247 g/mol. The van der Waals surface area contributed by atoms with Gasteiger partial charge in [-0.3, -0.25) is 0 Å². The molecule has 0 aliphatic carbocycles. The third-order valence-electron chi connectivity index (χ3n) is 1.82. The molecule has 1 aromatic carbocycles. The summed E-state index contributed by atoms with van der Waals surface area (Å²) in [6.45, 7) is -0.706. The molecule has 0 spiro atoms. The molecule has 3 nitrogen and oxygen atoms in total. The van der Waals surface area contributed by atoms with Crippen LogP contribution in [-0.4, -0.2) is 25.1 Å². The van der Waals surface area contributed by atoms with Crippen molar-refractivity contribution in [1.29, 1.82) is 0 Å². The zero-order valence-electron chi connectivity index (χ0n) is 8.57. The summed E-state index contributed by atoms with van der Waals surface area (Å²) < 4.78 is 33.9. The lowest BCUT2D eigenvalue weighted by Crippen LogP contribution is -2.14. The van der Waals surface area contributed by atoms with Crippen LogP contribution in [0.5, 0.6) is 11.5 Å². The van der Waals surface area contributed by atoms with Crippen LogP contribution in [-0.2, 0) is 0 Å². The third-order valence-corrected chi connectivity index (χ3v) is 2.04. The predicted molar refractivity (Wildman–Crippen MR) is 60.4 cm³/mol. The van der Waals surface area contributed by atoms with Gasteiger partial charge in [-0.15, -0.1) is 0 Å². The molecule has 1 aromatic rings. The van der Waals surface area contributed by atoms with E-state index in [1.807, 2.05) is 0 Å². The van der Waals surface area contributed by atoms with E-state index in [4.69, 9.17) is 27.4 Å². The maximum absolute atomic E-state index is 12.0. The van der Waals surface area contributed by atoms with Crippen LogP contribution in [0.2, 0.25) is 0 Å². The van der Waals surface area contributed by atoms with Gasteiger partial charge in [-0.25, -0.2) is 8.78 Å². The van der Waals surface area contributed by atoms with Crippen molar-refractivity contribution < 1.29 is 18.3 Å². The molecule has 0 radical (unpaired) electrons. The van der Waals surface area contributed by atoms with Gasteiger partial charge >= 0.3 is 0 Å². The highest BCUT2D eigenvalue weighted by Crippen LogP contribution is 2.25. The summed E-state index contributed by atoms with van der Waals surface area (Å²) in [5.41, 5.74) is 5.85. The number of hydrogen-bond acceptors (Lipinski definition) is 3. The van der Waals surface area contributed by atoms with Gasteiger partial charge in [0.1, 0.15) is 23.1 Å². The number of benzene rings is 1. The summed E-state index contributed by atoms with van der Waals surface area (Å²) in [6.07, 6.45) is -2.55. The Balaban J connectivity index is 2.96. The Morgan fingerprint density at radius 1 is 1.50 bits per heavy atom. The SMILES string of the molecule is COc1ccc(C(N)=S)c(OCC(F)F)c1. The summed E-state index contributed by atoms with van der Waals surface area (Å²) in [5, 5.41) is 0. The first-order valence-electron chi connectivity index (χ1n) is 4.43. The Morgan fingerprint density at radius 3 is 2.69 bits per heavy atom. The van der Waals surface area contributed by atoms with E-state index in [-0.39, 0.29) is 10.7 Å². The summed E-state index contributed by atoms with van der Waals surface area (Å²) >= 11 is 4.78. The zero-order valence-corrected chi connectivity index (χ0v) is 9.39. The molecule has 0 fully saturated rings. The molecule has 2 N–H and O–H groups in total. The van der Waals surface area contributed by atoms with E-state index < -0.39 is 13.0 Å². The van der Waals surface area contributed by atoms with Crippen LogP contribution in [0.1, 0.15) is 5.56 Å². The van der Waals surface area contributed by atoms with Gasteiger partial charge in [-0.1, -0.05) is 12.2 Å². The van der Waals surface area contributed by atoms with Crippen molar-refractivity contribution in [3.63, 3.8) is 0 Å². The van der Waals surface area contributed by atoms with Gasteiger partial charge in [-0.05, 0) is 12.1 Å². The molecule has 0 aliphatic heterocycles. The van der Waals surface area contributed by atoms with Crippen molar-refractivity contribution in [3.8, 4) is 11.5 Å². The van der Waals surface area contributed by atoms with E-state index in [0.717, 1.165) is 0 Å². The molecular weight excluding hydrogens is 236 g/mol. The maximum atomic E-state index is 12.0. The number of thiocarbonyl (C=S) groups is 1. The number of halogens is 2. The first-order valence-corrected chi connectivity index (χ1v) is 4.84. The van der Waals surface area contributed by atoms with Crippen LogP contribution in [0.3, 0.4) is 0 Å². The first kappa shape index (κ1) is 12.6. The van der Waals surface area contributed by atoms with Gasteiger partial charge in [0, 0.05) is 6.07 Å². The molecule has 0 atom stereocenters. The maximum Gasteiger partial charge on any atom is 0.272 e. The first-order chi connectivity index (χ1) is 7.54. The largest absolute Gasteiger partial charge is 0.497 e. The van der Waals surface area contributed by atoms with Crippen LogP contribution in [0, 0.1) is 0 Å². The van der Waals surface area contributed by atoms with E-state index in [1.165, 1.54) is 13.2 Å². The van der Waals surface area contributed by atoms with Gasteiger partial charge in [0.05, 0.1) is 12.7 Å². The predicted octanol–water partition coefficient (Wildman–Crippen LogP) is 1.97. The summed E-state index contributed by atoms with van der Waals surface area (Å²) in [6, 6.07) is 4.67. The number of nitrogens with two attached hydrogens (primary N) is 1. The van der Waals surface area contributed by atoms with E-state index in [1.54, 1.807) is 12.1 Å². The Morgan fingerprint density at radius 2 is 2.19 bits per heavy atom. The lowest BCUT2D eigenvalue weighted by atomic mass is 10.2. The Hall–Kier alpha value is -1.43. The Bertz CT molecular complexity index is 385. The highest BCUT2D eigenvalue weighted by Gasteiger charge is 2.11. The van der Waals surface area contributed by atoms with Gasteiger partial charge < -0.3 is 15.2 Å². The minimum Gasteiger partial charge on any atom is -0.497 e. The van der Waals surface area contributed by atoms with Crippen LogP contribution < -0.4 is 15.2 Å². The topological polar surface area (TPSA) is 44.5 Å². The van der Waals surface area contributed by atoms with Crippen molar-refractivity contribution in [2.24, 2.45) is 5.73 Å². The number of ether oxygens (including phenoxy) is 2. The fourth-order valence-corrected chi connectivity index (χ4v) is 1.27. The van der Waals surface area contributed by atoms with Crippen LogP contribution in [0.25, 0.3) is 0 Å². The second-order valence-electron chi connectivity index (χ2n) is 2.93. The third kappa shape index (κ3) is 3.30. The molecule has 1 rings (SSSR count). The van der Waals surface area contributed by atoms with Gasteiger partial charge in [-0.2, -0.15) is 0 Å². The fraction of sp³-hybridized carbons (Fsp3) is 0.300. The van der Waals surface area contributed by atoms with Crippen LogP contribution in [0.4, 0.5) is 8.78 Å². The number of alkyl halides is 2. The molecule has 88 valence electrons. The van der Waals surface area contributed by atoms with Crippen molar-refractivity contribution >= 4 is 17.2 Å². The van der Waals surface area contributed by atoms with Crippen molar-refractivity contribution in [2.45, 2.75) is 6.43 Å². The average Bonchev–Trinajstić information content (AvgIpc) is 2.25. The van der Waals surface area contributed by atoms with Gasteiger partial charge in [0.2, 0.25) is 0 Å². The normalized spacial score (nSPS) is 10.2. The molecule has 0 bridgehead atoms. The molecule has 0 aromatic heterocycles. The average molecular weight is 247 g/mol. The lowest BCUT2D eigenvalue weighted by Gasteiger charge is -2.11. The molecule has 16 heavy (non-hydrogen) atoms. The molecule has 0 saturated carbocycles. The van der Waals surface area contributed by atoms with Crippen LogP contribution >= 0.6 is 12.2 Å². The minimum atomic E-state index is -2.55. The number of rotatable bonds is 5. The molecule has 6 heteroatoms. The lowest BCUT2D eigenvalue weighted by molar-refractivity contribution is 0.0817. The molecule has 0 heterocycles. The molecule has 0 saturated heterocycles. The second-order valence-corrected chi connectivity index (χ2v) is 3.37. The van der Waals surface area contributed by atoms with Gasteiger partial charge in [0.25, 0.3) is 6.43 Å². The summed E-state index contributed by atoms with van der Waals surface area (Å²) in [4.78, 5) is 0.0897. The van der Waals surface area contributed by atoms with E-state index in [0.29, 0.717) is 11.3 Å².